The van der Waals surface area contributed by atoms with Gasteiger partial charge in [0, 0.05) is 12.2 Å². The number of fused-ring (bicyclic) bond motifs is 1. The molecule has 0 aliphatic carbocycles. The minimum Gasteiger partial charge on any atom is -0.462 e. The smallest absolute Gasteiger partial charge is 0.338 e. The van der Waals surface area contributed by atoms with Crippen molar-refractivity contribution in [2.75, 3.05) is 23.0 Å². The number of ether oxygens (including phenoxy) is 1. The van der Waals surface area contributed by atoms with Crippen LogP contribution in [0.25, 0.3) is 0 Å². The molecule has 2 aromatic rings. The van der Waals surface area contributed by atoms with Gasteiger partial charge in [-0.05, 0) is 55.7 Å². The van der Waals surface area contributed by atoms with Crippen molar-refractivity contribution < 1.29 is 19.1 Å². The number of rotatable bonds is 4. The van der Waals surface area contributed by atoms with Crippen LogP contribution in [0.1, 0.15) is 35.7 Å². The summed E-state index contributed by atoms with van der Waals surface area (Å²) in [7, 11) is 0. The largest absolute Gasteiger partial charge is 0.462 e. The number of para-hydroxylation sites is 1. The number of hydrogen-bond acceptors (Lipinski definition) is 5. The summed E-state index contributed by atoms with van der Waals surface area (Å²) in [5, 5.41) is 0. The van der Waals surface area contributed by atoms with Gasteiger partial charge >= 0.3 is 5.97 Å². The highest BCUT2D eigenvalue weighted by Crippen LogP contribution is 2.33. The molecule has 0 radical (unpaired) electrons. The van der Waals surface area contributed by atoms with E-state index in [-0.39, 0.29) is 18.2 Å². The third-order valence-corrected chi connectivity index (χ3v) is 5.28. The normalized spacial score (nSPS) is 19.0. The van der Waals surface area contributed by atoms with Crippen molar-refractivity contribution in [1.82, 2.24) is 0 Å². The molecule has 1 atom stereocenters. The van der Waals surface area contributed by atoms with Crippen molar-refractivity contribution in [1.29, 1.82) is 0 Å². The first kappa shape index (κ1) is 18.2. The lowest BCUT2D eigenvalue weighted by atomic mass is 9.99. The van der Waals surface area contributed by atoms with Crippen molar-refractivity contribution >= 4 is 29.2 Å². The maximum absolute atomic E-state index is 13.1. The van der Waals surface area contributed by atoms with Crippen LogP contribution in [0.2, 0.25) is 0 Å². The van der Waals surface area contributed by atoms with Crippen LogP contribution < -0.4 is 9.80 Å². The van der Waals surface area contributed by atoms with Crippen LogP contribution in [0.4, 0.5) is 11.4 Å². The standard InChI is InChI=1S/C22H22N2O4/c1-2-28-22(27)16-9-11-17(12-10-16)24-20(25)14-19(21(24)26)23-13-5-7-15-6-3-4-8-18(15)23/h3-4,6,8-12,19H,2,5,7,13-14H2,1H3/t19-/m0/s1. The van der Waals surface area contributed by atoms with Crippen LogP contribution in [0.5, 0.6) is 0 Å². The molecular weight excluding hydrogens is 356 g/mol. The minimum absolute atomic E-state index is 0.160. The maximum atomic E-state index is 13.1. The van der Waals surface area contributed by atoms with Gasteiger partial charge < -0.3 is 9.64 Å². The first-order chi connectivity index (χ1) is 13.6. The fourth-order valence-electron chi connectivity index (χ4n) is 3.98. The molecule has 2 aliphatic rings. The fourth-order valence-corrected chi connectivity index (χ4v) is 3.98. The summed E-state index contributed by atoms with van der Waals surface area (Å²) in [6.07, 6.45) is 2.11. The highest BCUT2D eigenvalue weighted by atomic mass is 16.5. The topological polar surface area (TPSA) is 66.9 Å². The summed E-state index contributed by atoms with van der Waals surface area (Å²) < 4.78 is 4.97. The first-order valence-electron chi connectivity index (χ1n) is 9.58. The van der Waals surface area contributed by atoms with Crippen molar-refractivity contribution in [2.24, 2.45) is 0 Å². The maximum Gasteiger partial charge on any atom is 0.338 e. The Morgan fingerprint density at radius 3 is 2.61 bits per heavy atom. The van der Waals surface area contributed by atoms with Crippen LogP contribution in [-0.4, -0.2) is 37.0 Å². The molecule has 4 rings (SSSR count). The summed E-state index contributed by atoms with van der Waals surface area (Å²) in [5.74, 6) is -0.858. The van der Waals surface area contributed by atoms with E-state index in [1.165, 1.54) is 10.5 Å². The van der Waals surface area contributed by atoms with Gasteiger partial charge in [-0.15, -0.1) is 0 Å². The lowest BCUT2D eigenvalue weighted by Crippen LogP contribution is -2.44. The molecule has 6 heteroatoms. The molecule has 28 heavy (non-hydrogen) atoms. The SMILES string of the molecule is CCOC(=O)c1ccc(N2C(=O)C[C@H](N3CCCc4ccccc43)C2=O)cc1. The first-order valence-corrected chi connectivity index (χ1v) is 9.58. The van der Waals surface area contributed by atoms with E-state index in [0.29, 0.717) is 17.9 Å². The Labute approximate surface area is 163 Å². The Morgan fingerprint density at radius 2 is 1.86 bits per heavy atom. The molecule has 0 aromatic heterocycles. The van der Waals surface area contributed by atoms with Gasteiger partial charge in [0.2, 0.25) is 5.91 Å². The molecule has 0 bridgehead atoms. The van der Waals surface area contributed by atoms with E-state index in [9.17, 15) is 14.4 Å². The Bertz CT molecular complexity index is 922. The van der Waals surface area contributed by atoms with Crippen molar-refractivity contribution in [3.8, 4) is 0 Å². The number of imide groups is 1. The van der Waals surface area contributed by atoms with Gasteiger partial charge in [0.25, 0.3) is 5.91 Å². The fraction of sp³-hybridized carbons (Fsp3) is 0.318. The van der Waals surface area contributed by atoms with Crippen LogP contribution in [-0.2, 0) is 20.7 Å². The quantitative estimate of drug-likeness (QED) is 0.604. The van der Waals surface area contributed by atoms with E-state index < -0.39 is 12.0 Å². The van der Waals surface area contributed by atoms with E-state index in [0.717, 1.165) is 25.1 Å². The zero-order valence-electron chi connectivity index (χ0n) is 15.8. The molecule has 2 aliphatic heterocycles. The third kappa shape index (κ3) is 3.15. The zero-order valence-corrected chi connectivity index (χ0v) is 15.8. The summed E-state index contributed by atoms with van der Waals surface area (Å²) in [4.78, 5) is 40.9. The molecule has 6 nitrogen and oxygen atoms in total. The average Bonchev–Trinajstić information content (AvgIpc) is 3.01. The lowest BCUT2D eigenvalue weighted by molar-refractivity contribution is -0.121. The molecule has 144 valence electrons. The van der Waals surface area contributed by atoms with Gasteiger partial charge in [-0.25, -0.2) is 9.69 Å². The van der Waals surface area contributed by atoms with E-state index >= 15 is 0 Å². The number of carbonyl (C=O) groups is 3. The van der Waals surface area contributed by atoms with Gasteiger partial charge in [-0.1, -0.05) is 18.2 Å². The average molecular weight is 378 g/mol. The molecule has 0 spiro atoms. The number of anilines is 2. The van der Waals surface area contributed by atoms with E-state index in [2.05, 4.69) is 11.0 Å². The number of nitrogens with zero attached hydrogens (tertiary/aromatic N) is 2. The highest BCUT2D eigenvalue weighted by Gasteiger charge is 2.43. The van der Waals surface area contributed by atoms with E-state index in [1.54, 1.807) is 31.2 Å². The molecule has 0 saturated carbocycles. The molecule has 1 fully saturated rings. The molecule has 2 amide bonds. The van der Waals surface area contributed by atoms with Gasteiger partial charge in [0.1, 0.15) is 6.04 Å². The number of amides is 2. The summed E-state index contributed by atoms with van der Waals surface area (Å²) in [6.45, 7) is 2.80. The second-order valence-electron chi connectivity index (χ2n) is 6.98. The van der Waals surface area contributed by atoms with E-state index in [4.69, 9.17) is 4.74 Å². The summed E-state index contributed by atoms with van der Waals surface area (Å²) in [6, 6.07) is 14.0. The Balaban J connectivity index is 1.58. The predicted molar refractivity (Wildman–Crippen MR) is 105 cm³/mol. The van der Waals surface area contributed by atoms with Gasteiger partial charge in [0.05, 0.1) is 24.3 Å². The number of benzene rings is 2. The second kappa shape index (κ2) is 7.46. The zero-order chi connectivity index (χ0) is 19.7. The van der Waals surface area contributed by atoms with Crippen LogP contribution >= 0.6 is 0 Å². The van der Waals surface area contributed by atoms with Gasteiger partial charge in [-0.2, -0.15) is 0 Å². The molecule has 2 heterocycles. The molecule has 2 aromatic carbocycles. The highest BCUT2D eigenvalue weighted by molar-refractivity contribution is 6.23. The van der Waals surface area contributed by atoms with Crippen molar-refractivity contribution in [2.45, 2.75) is 32.2 Å². The number of aryl methyl sites for hydroxylation is 1. The van der Waals surface area contributed by atoms with Crippen molar-refractivity contribution in [3.05, 3.63) is 59.7 Å². The number of carbonyl (C=O) groups excluding carboxylic acids is 3. The van der Waals surface area contributed by atoms with Crippen LogP contribution in [0, 0.1) is 0 Å². The Kier molecular flexibility index (Phi) is 4.86. The number of esters is 1. The van der Waals surface area contributed by atoms with Crippen molar-refractivity contribution in [3.63, 3.8) is 0 Å². The van der Waals surface area contributed by atoms with Gasteiger partial charge in [-0.3, -0.25) is 9.59 Å². The molecular formula is C22H22N2O4. The number of hydrogen-bond donors (Lipinski definition) is 0. The molecule has 0 unspecified atom stereocenters. The Morgan fingerprint density at radius 1 is 1.11 bits per heavy atom. The monoisotopic (exact) mass is 378 g/mol. The van der Waals surface area contributed by atoms with E-state index in [1.807, 2.05) is 18.2 Å². The molecule has 0 N–H and O–H groups in total. The predicted octanol–water partition coefficient (Wildman–Crippen LogP) is 2.95. The lowest BCUT2D eigenvalue weighted by Gasteiger charge is -2.34. The minimum atomic E-state index is -0.487. The van der Waals surface area contributed by atoms with Crippen LogP contribution in [0.3, 0.4) is 0 Å². The third-order valence-electron chi connectivity index (χ3n) is 5.28. The summed E-state index contributed by atoms with van der Waals surface area (Å²) >= 11 is 0. The Hall–Kier alpha value is -3.15. The second-order valence-corrected chi connectivity index (χ2v) is 6.98. The van der Waals surface area contributed by atoms with Crippen LogP contribution in [0.15, 0.2) is 48.5 Å². The molecule has 1 saturated heterocycles. The van der Waals surface area contributed by atoms with Gasteiger partial charge in [0.15, 0.2) is 0 Å². The summed E-state index contributed by atoms with van der Waals surface area (Å²) in [5.41, 5.74) is 3.13.